The van der Waals surface area contributed by atoms with Crippen molar-refractivity contribution in [3.05, 3.63) is 35.4 Å². The summed E-state index contributed by atoms with van der Waals surface area (Å²) in [6, 6.07) is 3.68. The lowest BCUT2D eigenvalue weighted by molar-refractivity contribution is -0.129. The smallest absolute Gasteiger partial charge is 0.136 e. The van der Waals surface area contributed by atoms with Gasteiger partial charge in [-0.05, 0) is 42.2 Å². The molecular weight excluding hydrogens is 258 g/mol. The Bertz CT molecular complexity index is 508. The van der Waals surface area contributed by atoms with Crippen molar-refractivity contribution in [3.63, 3.8) is 0 Å². The second kappa shape index (κ2) is 5.63. The highest BCUT2D eigenvalue weighted by Crippen LogP contribution is 2.40. The van der Waals surface area contributed by atoms with Crippen molar-refractivity contribution in [3.8, 4) is 0 Å². The molecule has 0 radical (unpaired) electrons. The lowest BCUT2D eigenvalue weighted by Gasteiger charge is -2.37. The molecule has 110 valence electrons. The highest BCUT2D eigenvalue weighted by molar-refractivity contribution is 5.82. The van der Waals surface area contributed by atoms with E-state index in [0.717, 1.165) is 18.9 Å². The molecule has 1 aromatic carbocycles. The van der Waals surface area contributed by atoms with Crippen molar-refractivity contribution >= 4 is 5.78 Å². The number of rotatable bonds is 3. The molecule has 0 heterocycles. The molecule has 0 saturated heterocycles. The third-order valence-corrected chi connectivity index (χ3v) is 4.49. The van der Waals surface area contributed by atoms with E-state index in [-0.39, 0.29) is 17.1 Å². The van der Waals surface area contributed by atoms with Crippen molar-refractivity contribution in [2.24, 2.45) is 17.3 Å². The Morgan fingerprint density at radius 2 is 1.95 bits per heavy atom. The topological polar surface area (TPSA) is 17.1 Å². The number of hydrogen-bond acceptors (Lipinski definition) is 1. The minimum atomic E-state index is -0.563. The number of carbonyl (C=O) groups is 1. The third kappa shape index (κ3) is 3.25. The van der Waals surface area contributed by atoms with Gasteiger partial charge in [-0.1, -0.05) is 26.8 Å². The van der Waals surface area contributed by atoms with E-state index in [4.69, 9.17) is 0 Å². The second-order valence-corrected chi connectivity index (χ2v) is 6.81. The zero-order valence-corrected chi connectivity index (χ0v) is 12.4. The second-order valence-electron chi connectivity index (χ2n) is 6.81. The van der Waals surface area contributed by atoms with E-state index >= 15 is 0 Å². The molecule has 0 aromatic heterocycles. The highest BCUT2D eigenvalue weighted by Gasteiger charge is 2.38. The number of Topliss-reactive ketones (excluding diaryl/α,β-unsaturated/α-hetero) is 1. The molecule has 1 aromatic rings. The van der Waals surface area contributed by atoms with Crippen LogP contribution in [0.2, 0.25) is 0 Å². The molecule has 2 rings (SSSR count). The Morgan fingerprint density at radius 3 is 2.55 bits per heavy atom. The van der Waals surface area contributed by atoms with Crippen LogP contribution in [0.5, 0.6) is 0 Å². The van der Waals surface area contributed by atoms with Crippen LogP contribution in [0.15, 0.2) is 18.2 Å². The Morgan fingerprint density at radius 1 is 1.25 bits per heavy atom. The van der Waals surface area contributed by atoms with E-state index in [9.17, 15) is 13.6 Å². The average molecular weight is 280 g/mol. The SMILES string of the molecule is CC1CCC(C(C)(C)Cc2ccc(F)cc2F)C(=O)C1. The first-order valence-corrected chi connectivity index (χ1v) is 7.26. The quantitative estimate of drug-likeness (QED) is 0.794. The van der Waals surface area contributed by atoms with Gasteiger partial charge in [-0.2, -0.15) is 0 Å². The summed E-state index contributed by atoms with van der Waals surface area (Å²) >= 11 is 0. The molecule has 0 bridgehead atoms. The molecular formula is C17H22F2O. The molecule has 1 aliphatic carbocycles. The predicted molar refractivity (Wildman–Crippen MR) is 75.4 cm³/mol. The molecule has 1 aliphatic rings. The first kappa shape index (κ1) is 15.1. The van der Waals surface area contributed by atoms with Crippen molar-refractivity contribution in [1.82, 2.24) is 0 Å². The zero-order chi connectivity index (χ0) is 14.9. The fourth-order valence-corrected chi connectivity index (χ4v) is 3.31. The molecule has 0 N–H and O–H groups in total. The molecule has 0 spiro atoms. The van der Waals surface area contributed by atoms with Gasteiger partial charge >= 0.3 is 0 Å². The van der Waals surface area contributed by atoms with E-state index in [1.807, 2.05) is 13.8 Å². The van der Waals surface area contributed by atoms with Gasteiger partial charge in [0.05, 0.1) is 0 Å². The first-order valence-electron chi connectivity index (χ1n) is 7.26. The van der Waals surface area contributed by atoms with Crippen LogP contribution in [-0.4, -0.2) is 5.78 Å². The maximum Gasteiger partial charge on any atom is 0.136 e. The maximum atomic E-state index is 13.8. The summed E-state index contributed by atoms with van der Waals surface area (Å²) in [7, 11) is 0. The summed E-state index contributed by atoms with van der Waals surface area (Å²) in [6.07, 6.45) is 3.01. The van der Waals surface area contributed by atoms with Gasteiger partial charge in [0.25, 0.3) is 0 Å². The fourth-order valence-electron chi connectivity index (χ4n) is 3.31. The van der Waals surface area contributed by atoms with Crippen LogP contribution < -0.4 is 0 Å². The highest BCUT2D eigenvalue weighted by atomic mass is 19.1. The first-order chi connectivity index (χ1) is 9.29. The Labute approximate surface area is 119 Å². The van der Waals surface area contributed by atoms with E-state index in [1.165, 1.54) is 12.1 Å². The van der Waals surface area contributed by atoms with E-state index in [1.54, 1.807) is 0 Å². The van der Waals surface area contributed by atoms with E-state index < -0.39 is 11.6 Å². The van der Waals surface area contributed by atoms with Crippen LogP contribution >= 0.6 is 0 Å². The summed E-state index contributed by atoms with van der Waals surface area (Å²) < 4.78 is 26.7. The van der Waals surface area contributed by atoms with Gasteiger partial charge in [0.1, 0.15) is 17.4 Å². The van der Waals surface area contributed by atoms with Crippen molar-refractivity contribution in [1.29, 1.82) is 0 Å². The fraction of sp³-hybridized carbons (Fsp3) is 0.588. The van der Waals surface area contributed by atoms with E-state index in [0.29, 0.717) is 24.3 Å². The van der Waals surface area contributed by atoms with Crippen LogP contribution in [0.25, 0.3) is 0 Å². The minimum absolute atomic E-state index is 0.0249. The van der Waals surface area contributed by atoms with Crippen molar-refractivity contribution < 1.29 is 13.6 Å². The molecule has 1 saturated carbocycles. The average Bonchev–Trinajstić information content (AvgIpc) is 2.32. The van der Waals surface area contributed by atoms with E-state index in [2.05, 4.69) is 6.92 Å². The van der Waals surface area contributed by atoms with Crippen LogP contribution in [0.4, 0.5) is 8.78 Å². The van der Waals surface area contributed by atoms with Crippen molar-refractivity contribution in [2.75, 3.05) is 0 Å². The molecule has 3 heteroatoms. The summed E-state index contributed by atoms with van der Waals surface area (Å²) in [5, 5.41) is 0. The molecule has 2 unspecified atom stereocenters. The predicted octanol–water partition coefficient (Wildman–Crippen LogP) is 4.54. The van der Waals surface area contributed by atoms with Gasteiger partial charge in [0.2, 0.25) is 0 Å². The number of halogens is 2. The largest absolute Gasteiger partial charge is 0.299 e. The lowest BCUT2D eigenvalue weighted by atomic mass is 9.66. The number of carbonyl (C=O) groups excluding carboxylic acids is 1. The summed E-state index contributed by atoms with van der Waals surface area (Å²) in [4.78, 5) is 12.2. The lowest BCUT2D eigenvalue weighted by Crippen LogP contribution is -2.37. The number of hydrogen-bond donors (Lipinski definition) is 0. The monoisotopic (exact) mass is 280 g/mol. The molecule has 20 heavy (non-hydrogen) atoms. The van der Waals surface area contributed by atoms with Gasteiger partial charge in [0.15, 0.2) is 0 Å². The van der Waals surface area contributed by atoms with Gasteiger partial charge < -0.3 is 0 Å². The Balaban J connectivity index is 2.16. The van der Waals surface area contributed by atoms with Gasteiger partial charge in [-0.25, -0.2) is 8.78 Å². The van der Waals surface area contributed by atoms with Crippen LogP contribution in [0, 0.1) is 28.9 Å². The summed E-state index contributed by atoms with van der Waals surface area (Å²) in [5.41, 5.74) is 0.193. The summed E-state index contributed by atoms with van der Waals surface area (Å²) in [6.45, 7) is 6.11. The van der Waals surface area contributed by atoms with Crippen LogP contribution in [0.3, 0.4) is 0 Å². The number of benzene rings is 1. The van der Waals surface area contributed by atoms with Gasteiger partial charge in [-0.15, -0.1) is 0 Å². The zero-order valence-electron chi connectivity index (χ0n) is 12.4. The molecule has 1 fully saturated rings. The van der Waals surface area contributed by atoms with Gasteiger partial charge in [-0.3, -0.25) is 4.79 Å². The maximum absolute atomic E-state index is 13.8. The molecule has 0 aliphatic heterocycles. The standard InChI is InChI=1S/C17H22F2O/c1-11-4-7-14(16(20)8-11)17(2,3)10-12-5-6-13(18)9-15(12)19/h5-6,9,11,14H,4,7-8,10H2,1-3H3. The molecule has 2 atom stereocenters. The van der Waals surface area contributed by atoms with Crippen LogP contribution in [-0.2, 0) is 11.2 Å². The van der Waals surface area contributed by atoms with Crippen molar-refractivity contribution in [2.45, 2.75) is 46.5 Å². The molecule has 0 amide bonds. The minimum Gasteiger partial charge on any atom is -0.299 e. The summed E-state index contributed by atoms with van der Waals surface area (Å²) in [5.74, 6) is -0.363. The van der Waals surface area contributed by atoms with Gasteiger partial charge in [0, 0.05) is 18.4 Å². The third-order valence-electron chi connectivity index (χ3n) is 4.49. The Hall–Kier alpha value is -1.25. The van der Waals surface area contributed by atoms with Crippen LogP contribution in [0.1, 0.15) is 45.6 Å². The Kier molecular flexibility index (Phi) is 4.26. The number of ketones is 1. The molecule has 1 nitrogen and oxygen atoms in total. The normalized spacial score (nSPS) is 23.9.